The molecule has 36 heavy (non-hydrogen) atoms. The average molecular weight is 497 g/mol. The summed E-state index contributed by atoms with van der Waals surface area (Å²) in [7, 11) is 0. The second-order valence-electron chi connectivity index (χ2n) is 7.98. The molecule has 0 radical (unpaired) electrons. The third-order valence-corrected chi connectivity index (χ3v) is 6.65. The molecule has 8 nitrogen and oxygen atoms in total. The molecular weight excluding hydrogens is 476 g/mol. The van der Waals surface area contributed by atoms with Crippen LogP contribution in [0.25, 0.3) is 17.3 Å². The van der Waals surface area contributed by atoms with E-state index < -0.39 is 16.4 Å². The highest BCUT2D eigenvalue weighted by atomic mass is 32.1. The standard InChI is InChI=1S/C27H20N4O4S/c1-17-8-11-20(14-18(17)2)29-25(32)23(16-28)27-30(21-6-4-3-5-7-21)26(33)24(36-27)15-19-9-12-22(13-10-19)31(34)35/h3-15H,1-2H3,(H,29,32)/b24-15+,27-23+. The Hall–Kier alpha value is -4.81. The maximum absolute atomic E-state index is 13.4. The number of para-hydroxylation sites is 1. The van der Waals surface area contributed by atoms with Crippen LogP contribution >= 0.6 is 11.3 Å². The van der Waals surface area contributed by atoms with Crippen LogP contribution in [0, 0.1) is 35.3 Å². The molecule has 0 unspecified atom stereocenters. The molecule has 0 atom stereocenters. The summed E-state index contributed by atoms with van der Waals surface area (Å²) in [6.07, 6.45) is 1.58. The van der Waals surface area contributed by atoms with Crippen LogP contribution in [-0.2, 0) is 4.79 Å². The second-order valence-corrected chi connectivity index (χ2v) is 9.01. The van der Waals surface area contributed by atoms with Crippen LogP contribution in [0.15, 0.2) is 77.6 Å². The minimum absolute atomic E-state index is 0.0659. The highest BCUT2D eigenvalue weighted by Gasteiger charge is 2.17. The van der Waals surface area contributed by atoms with Gasteiger partial charge < -0.3 is 5.32 Å². The number of hydrogen-bond acceptors (Lipinski definition) is 6. The van der Waals surface area contributed by atoms with Gasteiger partial charge in [0.1, 0.15) is 10.7 Å². The fourth-order valence-electron chi connectivity index (χ4n) is 3.51. The largest absolute Gasteiger partial charge is 0.321 e. The Bertz CT molecular complexity index is 1700. The van der Waals surface area contributed by atoms with Crippen molar-refractivity contribution in [3.63, 3.8) is 0 Å². The van der Waals surface area contributed by atoms with Gasteiger partial charge in [-0.2, -0.15) is 5.26 Å². The number of thiazole rings is 1. The molecule has 0 saturated heterocycles. The van der Waals surface area contributed by atoms with Gasteiger partial charge in [-0.15, -0.1) is 11.3 Å². The van der Waals surface area contributed by atoms with Crippen molar-refractivity contribution >= 4 is 40.3 Å². The average Bonchev–Trinajstić information content (AvgIpc) is 3.18. The van der Waals surface area contributed by atoms with E-state index in [1.807, 2.05) is 32.0 Å². The molecule has 0 fully saturated rings. The number of benzene rings is 3. The quantitative estimate of drug-likeness (QED) is 0.335. The zero-order valence-corrected chi connectivity index (χ0v) is 20.2. The summed E-state index contributed by atoms with van der Waals surface area (Å²) >= 11 is 1.00. The Labute approximate surface area is 209 Å². The molecule has 1 aromatic heterocycles. The van der Waals surface area contributed by atoms with Crippen molar-refractivity contribution in [3.05, 3.63) is 119 Å². The van der Waals surface area contributed by atoms with Crippen LogP contribution in [0.2, 0.25) is 0 Å². The number of nitrogens with one attached hydrogen (secondary N) is 1. The topological polar surface area (TPSA) is 118 Å². The number of carbonyl (C=O) groups is 1. The van der Waals surface area contributed by atoms with Crippen LogP contribution < -0.4 is 20.1 Å². The van der Waals surface area contributed by atoms with E-state index in [0.717, 1.165) is 22.5 Å². The molecule has 178 valence electrons. The highest BCUT2D eigenvalue weighted by molar-refractivity contribution is 7.07. The molecule has 4 aromatic rings. The van der Waals surface area contributed by atoms with Gasteiger partial charge in [0.2, 0.25) is 0 Å². The number of anilines is 1. The van der Waals surface area contributed by atoms with Crippen LogP contribution in [0.5, 0.6) is 0 Å². The van der Waals surface area contributed by atoms with E-state index in [1.54, 1.807) is 42.5 Å². The first-order chi connectivity index (χ1) is 17.3. The first-order valence-corrected chi connectivity index (χ1v) is 11.7. The number of carbonyl (C=O) groups excluding carboxylic acids is 1. The first-order valence-electron chi connectivity index (χ1n) is 10.8. The monoisotopic (exact) mass is 496 g/mol. The van der Waals surface area contributed by atoms with Gasteiger partial charge in [-0.25, -0.2) is 0 Å². The summed E-state index contributed by atoms with van der Waals surface area (Å²) in [5, 5.41) is 23.6. The van der Waals surface area contributed by atoms with Crippen molar-refractivity contribution in [2.45, 2.75) is 13.8 Å². The summed E-state index contributed by atoms with van der Waals surface area (Å²) in [4.78, 5) is 37.0. The molecular formula is C27H20N4O4S. The molecule has 0 aliphatic rings. The predicted molar refractivity (Wildman–Crippen MR) is 139 cm³/mol. The van der Waals surface area contributed by atoms with Gasteiger partial charge in [-0.1, -0.05) is 24.3 Å². The molecule has 0 saturated carbocycles. The van der Waals surface area contributed by atoms with E-state index in [-0.39, 0.29) is 20.5 Å². The molecule has 1 amide bonds. The molecule has 1 N–H and O–H groups in total. The lowest BCUT2D eigenvalue weighted by molar-refractivity contribution is -0.384. The summed E-state index contributed by atoms with van der Waals surface area (Å²) < 4.78 is 1.79. The van der Waals surface area contributed by atoms with Gasteiger partial charge in [-0.3, -0.25) is 24.3 Å². The lowest BCUT2D eigenvalue weighted by Crippen LogP contribution is -2.32. The third kappa shape index (κ3) is 4.99. The number of rotatable bonds is 5. The number of nitriles is 1. The molecule has 0 spiro atoms. The van der Waals surface area contributed by atoms with Crippen molar-refractivity contribution in [1.29, 1.82) is 5.26 Å². The van der Waals surface area contributed by atoms with E-state index in [9.17, 15) is 25.0 Å². The summed E-state index contributed by atoms with van der Waals surface area (Å²) in [6, 6.07) is 21.9. The first kappa shape index (κ1) is 24.3. The Morgan fingerprint density at radius 3 is 2.36 bits per heavy atom. The van der Waals surface area contributed by atoms with Gasteiger partial charge in [0, 0.05) is 17.8 Å². The SMILES string of the molecule is Cc1ccc(NC(=O)/C(C#N)=c2/s/c(=C/c3ccc([N+](=O)[O-])cc3)c(=O)n2-c2ccccc2)cc1C. The molecule has 9 heteroatoms. The van der Waals surface area contributed by atoms with E-state index in [4.69, 9.17) is 0 Å². The second kappa shape index (κ2) is 10.2. The van der Waals surface area contributed by atoms with Crippen LogP contribution in [0.3, 0.4) is 0 Å². The number of hydrogen-bond donors (Lipinski definition) is 1. The number of aromatic nitrogens is 1. The number of aryl methyl sites for hydroxylation is 2. The van der Waals surface area contributed by atoms with E-state index in [2.05, 4.69) is 5.32 Å². The van der Waals surface area contributed by atoms with Crippen molar-refractivity contribution in [3.8, 4) is 11.8 Å². The summed E-state index contributed by atoms with van der Waals surface area (Å²) in [5.74, 6) is -0.631. The normalized spacial score (nSPS) is 12.1. The molecule has 1 heterocycles. The van der Waals surface area contributed by atoms with Gasteiger partial charge in [0.15, 0.2) is 5.57 Å². The van der Waals surface area contributed by atoms with Crippen molar-refractivity contribution in [2.24, 2.45) is 0 Å². The number of non-ortho nitro benzene ring substituents is 1. The molecule has 0 aliphatic carbocycles. The molecule has 0 aliphatic heterocycles. The number of amides is 1. The zero-order chi connectivity index (χ0) is 25.8. The van der Waals surface area contributed by atoms with E-state index in [1.165, 1.54) is 28.8 Å². The smallest absolute Gasteiger partial charge is 0.273 e. The maximum Gasteiger partial charge on any atom is 0.273 e. The Morgan fingerprint density at radius 1 is 1.06 bits per heavy atom. The summed E-state index contributed by atoms with van der Waals surface area (Å²) in [5.41, 5.74) is 2.99. The number of nitro groups is 1. The minimum Gasteiger partial charge on any atom is -0.321 e. The van der Waals surface area contributed by atoms with Crippen molar-refractivity contribution < 1.29 is 9.72 Å². The van der Waals surface area contributed by atoms with Crippen LogP contribution in [-0.4, -0.2) is 15.4 Å². The number of nitrogens with zero attached hydrogens (tertiary/aromatic N) is 3. The van der Waals surface area contributed by atoms with E-state index >= 15 is 0 Å². The third-order valence-electron chi connectivity index (χ3n) is 5.56. The lowest BCUT2D eigenvalue weighted by Gasteiger charge is -2.07. The Morgan fingerprint density at radius 2 is 1.75 bits per heavy atom. The van der Waals surface area contributed by atoms with E-state index in [0.29, 0.717) is 16.9 Å². The van der Waals surface area contributed by atoms with Gasteiger partial charge in [0.05, 0.1) is 15.1 Å². The fourth-order valence-corrected chi connectivity index (χ4v) is 4.62. The Balaban J connectivity index is 1.91. The van der Waals surface area contributed by atoms with Gasteiger partial charge >= 0.3 is 0 Å². The Kier molecular flexibility index (Phi) is 6.90. The fraction of sp³-hybridized carbons (Fsp3) is 0.0741. The van der Waals surface area contributed by atoms with Gasteiger partial charge in [-0.05, 0) is 73.0 Å². The van der Waals surface area contributed by atoms with Crippen LogP contribution in [0.4, 0.5) is 11.4 Å². The van der Waals surface area contributed by atoms with Crippen LogP contribution in [0.1, 0.15) is 16.7 Å². The molecule has 4 rings (SSSR count). The lowest BCUT2D eigenvalue weighted by atomic mass is 10.1. The number of nitro benzene ring substituents is 1. The molecule has 0 bridgehead atoms. The van der Waals surface area contributed by atoms with Crippen molar-refractivity contribution in [1.82, 2.24) is 4.57 Å². The maximum atomic E-state index is 13.4. The van der Waals surface area contributed by atoms with Crippen molar-refractivity contribution in [2.75, 3.05) is 5.32 Å². The van der Waals surface area contributed by atoms with Gasteiger partial charge in [0.25, 0.3) is 17.2 Å². The highest BCUT2D eigenvalue weighted by Crippen LogP contribution is 2.15. The minimum atomic E-state index is -0.631. The molecule has 3 aromatic carbocycles. The zero-order valence-electron chi connectivity index (χ0n) is 19.4. The summed E-state index contributed by atoms with van der Waals surface area (Å²) in [6.45, 7) is 3.88. The predicted octanol–water partition coefficient (Wildman–Crippen LogP) is 3.57.